The second-order valence-electron chi connectivity index (χ2n) is 35.7. The van der Waals surface area contributed by atoms with Crippen LogP contribution in [-0.2, 0) is 0 Å². The smallest absolute Gasteiger partial charge is 0.233 e. The zero-order valence-electron chi connectivity index (χ0n) is 58.0. The van der Waals surface area contributed by atoms with Crippen molar-refractivity contribution in [1.29, 1.82) is 0 Å². The Morgan fingerprint density at radius 2 is 0.373 bits per heavy atom. The molecule has 0 atom stereocenters. The minimum Gasteiger partial charge on any atom is -0.341 e. The fourth-order valence-electron chi connectivity index (χ4n) is 18.2. The van der Waals surface area contributed by atoms with Gasteiger partial charge in [-0.3, -0.25) is 0 Å². The Hall–Kier alpha value is -3.42. The van der Waals surface area contributed by atoms with Gasteiger partial charge in [0.2, 0.25) is 35.7 Å². The fraction of sp³-hybridized carbons (Fsp3) is 0.908. The van der Waals surface area contributed by atoms with E-state index in [9.17, 15) is 0 Å². The summed E-state index contributed by atoms with van der Waals surface area (Å²) in [6, 6.07) is 0.823. The lowest BCUT2D eigenvalue weighted by Crippen LogP contribution is -2.66. The number of nitrogens with zero attached hydrogens (tertiary/aromatic N) is 12. The molecular weight excluding hydrogens is 1030 g/mol. The third-order valence-electron chi connectivity index (χ3n) is 19.4. The van der Waals surface area contributed by atoms with Crippen LogP contribution in [0, 0.1) is 0 Å². The molecule has 0 bridgehead atoms. The Labute approximate surface area is 505 Å². The molecule has 472 valence electrons. The average Bonchev–Trinajstić information content (AvgIpc) is 2.51. The summed E-state index contributed by atoms with van der Waals surface area (Å²) in [7, 11) is 8.91. The van der Waals surface area contributed by atoms with Gasteiger partial charge >= 0.3 is 0 Å². The van der Waals surface area contributed by atoms with Crippen LogP contribution in [-0.4, -0.2) is 167 Å². The molecular formula is C65H122N18. The number of piperidine rings is 6. The summed E-state index contributed by atoms with van der Waals surface area (Å²) in [5.74, 6) is 4.24. The van der Waals surface area contributed by atoms with Crippen molar-refractivity contribution >= 4 is 35.7 Å². The van der Waals surface area contributed by atoms with Crippen LogP contribution >= 0.6 is 0 Å². The highest BCUT2D eigenvalue weighted by Gasteiger charge is 2.49. The molecule has 6 aliphatic heterocycles. The van der Waals surface area contributed by atoms with E-state index in [1.54, 1.807) is 0 Å². The van der Waals surface area contributed by atoms with Gasteiger partial charge in [0.05, 0.1) is 6.67 Å². The van der Waals surface area contributed by atoms with Crippen LogP contribution in [0.5, 0.6) is 0 Å². The van der Waals surface area contributed by atoms with Crippen molar-refractivity contribution in [3.05, 3.63) is 0 Å². The molecule has 83 heavy (non-hydrogen) atoms. The van der Waals surface area contributed by atoms with Crippen molar-refractivity contribution in [3.8, 4) is 0 Å². The predicted molar refractivity (Wildman–Crippen MR) is 349 cm³/mol. The molecule has 18 nitrogen and oxygen atoms in total. The molecule has 0 saturated carbocycles. The molecule has 6 N–H and O–H groups in total. The van der Waals surface area contributed by atoms with Crippen molar-refractivity contribution in [3.63, 3.8) is 0 Å². The van der Waals surface area contributed by atoms with Crippen LogP contribution in [0.4, 0.5) is 35.7 Å². The molecule has 8 rings (SSSR count). The van der Waals surface area contributed by atoms with Gasteiger partial charge in [-0.05, 0) is 243 Å². The number of rotatable bonds is 14. The largest absolute Gasteiger partial charge is 0.341 e. The quantitative estimate of drug-likeness (QED) is 0.0988. The Kier molecular flexibility index (Phi) is 17.2. The summed E-state index contributed by atoms with van der Waals surface area (Å²) in [4.78, 5) is 49.1. The van der Waals surface area contributed by atoms with E-state index in [4.69, 9.17) is 29.9 Å². The maximum Gasteiger partial charge on any atom is 0.233 e. The number of aromatic nitrogens is 6. The first-order chi connectivity index (χ1) is 37.4. The molecule has 2 aromatic heterocycles. The van der Waals surface area contributed by atoms with Crippen molar-refractivity contribution < 1.29 is 0 Å². The molecule has 2 aromatic rings. The van der Waals surface area contributed by atoms with Gasteiger partial charge in [-0.2, -0.15) is 29.9 Å². The van der Waals surface area contributed by atoms with Crippen LogP contribution in [0.1, 0.15) is 243 Å². The monoisotopic (exact) mass is 1160 g/mol. The molecule has 0 radical (unpaired) electrons. The molecule has 0 aliphatic carbocycles. The van der Waals surface area contributed by atoms with E-state index in [2.05, 4.69) is 256 Å². The number of hydrogen-bond acceptors (Lipinski definition) is 18. The lowest BCUT2D eigenvalue weighted by molar-refractivity contribution is 0.149. The van der Waals surface area contributed by atoms with Crippen molar-refractivity contribution in [2.75, 3.05) is 64.3 Å². The first-order valence-electron chi connectivity index (χ1n) is 32.1. The molecule has 6 aliphatic rings. The number of hydrogen-bond donors (Lipinski definition) is 6. The highest BCUT2D eigenvalue weighted by atomic mass is 15.5. The summed E-state index contributed by atoms with van der Waals surface area (Å²) in [6.07, 6.45) is 11.2. The topological polar surface area (TPSA) is 169 Å². The second-order valence-corrected chi connectivity index (χ2v) is 35.7. The van der Waals surface area contributed by atoms with Gasteiger partial charge in [0.25, 0.3) is 0 Å². The van der Waals surface area contributed by atoms with Crippen LogP contribution in [0.2, 0.25) is 0 Å². The van der Waals surface area contributed by atoms with Crippen LogP contribution in [0.25, 0.3) is 0 Å². The third kappa shape index (κ3) is 16.2. The molecule has 0 aromatic carbocycles. The highest BCUT2D eigenvalue weighted by Crippen LogP contribution is 2.42. The summed E-state index contributed by atoms with van der Waals surface area (Å²) in [5, 5.41) is 23.9. The van der Waals surface area contributed by atoms with Gasteiger partial charge in [-0.15, -0.1) is 0 Å². The number of anilines is 6. The lowest BCUT2D eigenvalue weighted by Gasteiger charge is -2.53. The van der Waals surface area contributed by atoms with Gasteiger partial charge in [0.15, 0.2) is 0 Å². The van der Waals surface area contributed by atoms with Gasteiger partial charge in [-0.1, -0.05) is 0 Å². The van der Waals surface area contributed by atoms with Crippen LogP contribution in [0.15, 0.2) is 0 Å². The first kappa shape index (κ1) is 65.6. The first-order valence-corrected chi connectivity index (χ1v) is 32.1. The van der Waals surface area contributed by atoms with Crippen molar-refractivity contribution in [1.82, 2.24) is 61.8 Å². The van der Waals surface area contributed by atoms with E-state index >= 15 is 0 Å². The zero-order valence-corrected chi connectivity index (χ0v) is 58.0. The van der Waals surface area contributed by atoms with Gasteiger partial charge in [0, 0.05) is 131 Å². The van der Waals surface area contributed by atoms with E-state index in [-0.39, 0.29) is 103 Å². The summed E-state index contributed by atoms with van der Waals surface area (Å²) in [6.45, 7) is 56.8. The van der Waals surface area contributed by atoms with Crippen molar-refractivity contribution in [2.24, 2.45) is 0 Å². The summed E-state index contributed by atoms with van der Waals surface area (Å²) < 4.78 is 0. The standard InChI is InChI=1S/C65H122N18/c1-54(2)29-42(30-55(3,4)72-54)78(25)48-66-49(79(26)43-31-56(5,6)73-57(7,8)32-43)69-52(68-48)82(46-37-62(17,18)76-63(19,20)38-46)41-83(47-39-64(21,22)77-65(23,24)40-47)53-70-50(80(27)44-33-58(9,10)74-59(11,12)34-44)67-51(71-53)81(28)45-35-60(13,14)75-61(15,16)36-45/h42-47,72-77H,29-41H2,1-28H3. The molecule has 8 heterocycles. The molecule has 18 heteroatoms. The molecule has 6 fully saturated rings. The van der Waals surface area contributed by atoms with E-state index in [0.29, 0.717) is 42.4 Å². The Morgan fingerprint density at radius 3 is 0.530 bits per heavy atom. The second kappa shape index (κ2) is 21.7. The Bertz CT molecular complexity index is 2220. The minimum absolute atomic E-state index is 0.0308. The highest BCUT2D eigenvalue weighted by molar-refractivity contribution is 5.53. The Balaban J connectivity index is 1.37. The van der Waals surface area contributed by atoms with E-state index in [1.807, 2.05) is 0 Å². The maximum atomic E-state index is 5.81. The summed E-state index contributed by atoms with van der Waals surface area (Å²) >= 11 is 0. The van der Waals surface area contributed by atoms with Crippen molar-refractivity contribution in [2.45, 2.75) is 346 Å². The Morgan fingerprint density at radius 1 is 0.241 bits per heavy atom. The SMILES string of the molecule is CN(c1nc(N(C)C2CC(C)(C)NC(C)(C)C2)nc(N(CN(c2nc(N(C)C3CC(C)(C)NC(C)(C)C3)nc(N(C)C3CC(C)(C)NC(C)(C)C3)n2)C2CC(C)(C)NC(C)(C)C2)C2CC(C)(C)NC(C)(C)C2)n1)C1CC(C)(C)NC(C)(C)C1. The predicted octanol–water partition coefficient (Wildman–Crippen LogP) is 9.93. The van der Waals surface area contributed by atoms with Gasteiger partial charge in [-0.25, -0.2) is 0 Å². The van der Waals surface area contributed by atoms with Crippen LogP contribution < -0.4 is 61.3 Å². The average molecular weight is 1160 g/mol. The fourth-order valence-corrected chi connectivity index (χ4v) is 18.2. The normalized spacial score (nSPS) is 27.3. The van der Waals surface area contributed by atoms with Gasteiger partial charge in [0.1, 0.15) is 0 Å². The molecule has 0 spiro atoms. The van der Waals surface area contributed by atoms with E-state index in [0.717, 1.165) is 77.0 Å². The minimum atomic E-state index is -0.190. The van der Waals surface area contributed by atoms with Crippen LogP contribution in [0.3, 0.4) is 0 Å². The number of nitrogens with one attached hydrogen (secondary N) is 6. The maximum absolute atomic E-state index is 5.81. The zero-order chi connectivity index (χ0) is 62.1. The molecule has 6 saturated heterocycles. The molecule has 0 unspecified atom stereocenters. The molecule has 0 amide bonds. The lowest BCUT2D eigenvalue weighted by atomic mass is 9.78. The van der Waals surface area contributed by atoms with E-state index in [1.165, 1.54) is 0 Å². The van der Waals surface area contributed by atoms with E-state index < -0.39 is 0 Å². The third-order valence-corrected chi connectivity index (χ3v) is 19.4. The summed E-state index contributed by atoms with van der Waals surface area (Å²) in [5.41, 5.74) is -1.40. The van der Waals surface area contributed by atoms with Gasteiger partial charge < -0.3 is 61.3 Å².